The molecule has 0 spiro atoms. The Hall–Kier alpha value is -1.06. The van der Waals surface area contributed by atoms with Gasteiger partial charge in [-0.3, -0.25) is 0 Å². The molecular formula is C11H19N3O. The smallest absolute Gasteiger partial charge is 0.332 e. The van der Waals surface area contributed by atoms with E-state index in [0.717, 1.165) is 30.4 Å². The molecule has 2 amide bonds. The van der Waals surface area contributed by atoms with Gasteiger partial charge in [0.05, 0.1) is 0 Å². The Labute approximate surface area is 90.3 Å². The van der Waals surface area contributed by atoms with Crippen LogP contribution in [0.3, 0.4) is 0 Å². The van der Waals surface area contributed by atoms with Crippen molar-refractivity contribution in [2.75, 3.05) is 0 Å². The van der Waals surface area contributed by atoms with Crippen molar-refractivity contribution in [2.24, 2.45) is 22.7 Å². The summed E-state index contributed by atoms with van der Waals surface area (Å²) in [5, 5.41) is 4.07. The first-order valence-electron chi connectivity index (χ1n) is 5.86. The molecule has 0 aliphatic heterocycles. The summed E-state index contributed by atoms with van der Waals surface area (Å²) in [6.07, 6.45) is 8.81. The first-order valence-corrected chi connectivity index (χ1v) is 5.86. The van der Waals surface area contributed by atoms with E-state index < -0.39 is 6.03 Å². The van der Waals surface area contributed by atoms with Gasteiger partial charge < -0.3 is 5.73 Å². The third kappa shape index (κ3) is 2.70. The van der Waals surface area contributed by atoms with E-state index in [1.54, 1.807) is 0 Å². The van der Waals surface area contributed by atoms with Gasteiger partial charge in [0.25, 0.3) is 0 Å². The third-order valence-electron chi connectivity index (χ3n) is 3.69. The minimum Gasteiger partial charge on any atom is -0.350 e. The van der Waals surface area contributed by atoms with Crippen molar-refractivity contribution in [3.05, 3.63) is 0 Å². The number of nitrogens with zero attached hydrogens (tertiary/aromatic N) is 1. The van der Waals surface area contributed by atoms with Gasteiger partial charge in [-0.25, -0.2) is 10.2 Å². The Balaban J connectivity index is 1.90. The molecule has 0 aromatic carbocycles. The number of urea groups is 1. The number of nitrogens with two attached hydrogens (primary N) is 1. The first kappa shape index (κ1) is 10.5. The van der Waals surface area contributed by atoms with Gasteiger partial charge in [0.1, 0.15) is 0 Å². The number of hydrogen-bond donors (Lipinski definition) is 2. The van der Waals surface area contributed by atoms with Crippen molar-refractivity contribution in [2.45, 2.75) is 44.9 Å². The average molecular weight is 209 g/mol. The molecule has 0 bridgehead atoms. The lowest BCUT2D eigenvalue weighted by Gasteiger charge is -2.35. The highest BCUT2D eigenvalue weighted by Gasteiger charge is 2.30. The van der Waals surface area contributed by atoms with Crippen molar-refractivity contribution in [3.8, 4) is 0 Å². The molecule has 0 radical (unpaired) electrons. The van der Waals surface area contributed by atoms with Crippen molar-refractivity contribution in [1.82, 2.24) is 5.43 Å². The fraction of sp³-hybridized carbons (Fsp3) is 0.818. The Morgan fingerprint density at radius 1 is 1.27 bits per heavy atom. The summed E-state index contributed by atoms with van der Waals surface area (Å²) in [6.45, 7) is 0. The third-order valence-corrected chi connectivity index (χ3v) is 3.69. The summed E-state index contributed by atoms with van der Waals surface area (Å²) < 4.78 is 0. The Bertz CT molecular complexity index is 275. The molecule has 15 heavy (non-hydrogen) atoms. The minimum absolute atomic E-state index is 0.562. The molecule has 2 fully saturated rings. The quantitative estimate of drug-likeness (QED) is 0.637. The van der Waals surface area contributed by atoms with Gasteiger partial charge in [0, 0.05) is 5.71 Å². The fourth-order valence-electron chi connectivity index (χ4n) is 2.93. The zero-order valence-corrected chi connectivity index (χ0v) is 9.04. The van der Waals surface area contributed by atoms with Crippen LogP contribution in [0.2, 0.25) is 0 Å². The number of primary amides is 1. The SMILES string of the molecule is NC(=O)N/N=C1/CC[C@H]2CCCC[C@@H]2C1. The van der Waals surface area contributed by atoms with E-state index in [-0.39, 0.29) is 0 Å². The maximum Gasteiger partial charge on any atom is 0.332 e. The molecule has 0 aromatic rings. The Kier molecular flexibility index (Phi) is 3.23. The van der Waals surface area contributed by atoms with Gasteiger partial charge in [-0.05, 0) is 37.5 Å². The zero-order valence-electron chi connectivity index (χ0n) is 9.04. The molecule has 0 aromatic heterocycles. The number of carbonyl (C=O) groups excluding carboxylic acids is 1. The second kappa shape index (κ2) is 4.64. The van der Waals surface area contributed by atoms with E-state index in [4.69, 9.17) is 5.73 Å². The largest absolute Gasteiger partial charge is 0.350 e. The molecule has 4 nitrogen and oxygen atoms in total. The second-order valence-electron chi connectivity index (χ2n) is 4.70. The van der Waals surface area contributed by atoms with Crippen LogP contribution in [-0.2, 0) is 0 Å². The highest BCUT2D eigenvalue weighted by molar-refractivity contribution is 5.86. The van der Waals surface area contributed by atoms with Crippen molar-refractivity contribution < 1.29 is 4.79 Å². The molecule has 0 saturated heterocycles. The lowest BCUT2D eigenvalue weighted by atomic mass is 9.70. The maximum absolute atomic E-state index is 10.5. The monoisotopic (exact) mass is 209 g/mol. The summed E-state index contributed by atoms with van der Waals surface area (Å²) in [5.74, 6) is 1.72. The molecule has 84 valence electrons. The molecule has 4 heteroatoms. The maximum atomic E-state index is 10.5. The van der Waals surface area contributed by atoms with Crippen LogP contribution >= 0.6 is 0 Å². The number of nitrogens with one attached hydrogen (secondary N) is 1. The summed E-state index contributed by atoms with van der Waals surface area (Å²) >= 11 is 0. The van der Waals surface area contributed by atoms with Gasteiger partial charge in [-0.2, -0.15) is 5.10 Å². The van der Waals surface area contributed by atoms with E-state index in [0.29, 0.717) is 0 Å². The van der Waals surface area contributed by atoms with Crippen molar-refractivity contribution in [3.63, 3.8) is 0 Å². The molecule has 2 atom stereocenters. The molecule has 0 unspecified atom stereocenters. The molecular weight excluding hydrogens is 190 g/mol. The van der Waals surface area contributed by atoms with Crippen LogP contribution in [0.1, 0.15) is 44.9 Å². The zero-order chi connectivity index (χ0) is 10.7. The number of amides is 2. The number of hydrogen-bond acceptors (Lipinski definition) is 2. The number of fused-ring (bicyclic) bond motifs is 1. The summed E-state index contributed by atoms with van der Waals surface area (Å²) in [4.78, 5) is 10.5. The van der Waals surface area contributed by atoms with Crippen LogP contribution in [0.4, 0.5) is 4.79 Å². The predicted octanol–water partition coefficient (Wildman–Crippen LogP) is 2.00. The lowest BCUT2D eigenvalue weighted by molar-refractivity contribution is 0.217. The number of rotatable bonds is 1. The molecule has 2 saturated carbocycles. The summed E-state index contributed by atoms with van der Waals surface area (Å²) in [7, 11) is 0. The topological polar surface area (TPSA) is 67.5 Å². The highest BCUT2D eigenvalue weighted by Crippen LogP contribution is 2.39. The fourth-order valence-corrected chi connectivity index (χ4v) is 2.93. The Morgan fingerprint density at radius 2 is 2.00 bits per heavy atom. The lowest BCUT2D eigenvalue weighted by Crippen LogP contribution is -2.31. The van der Waals surface area contributed by atoms with Crippen LogP contribution in [0.15, 0.2) is 5.10 Å². The standard InChI is InChI=1S/C11H19N3O/c12-11(15)14-13-10-6-5-8-3-1-2-4-9(8)7-10/h8-9H,1-7H2,(H3,12,14,15)/b13-10-/t8-,9-/m1/s1. The van der Waals surface area contributed by atoms with Crippen LogP contribution in [-0.4, -0.2) is 11.7 Å². The van der Waals surface area contributed by atoms with E-state index in [1.165, 1.54) is 32.1 Å². The first-order chi connectivity index (χ1) is 7.25. The number of carbonyl (C=O) groups is 1. The van der Waals surface area contributed by atoms with Crippen molar-refractivity contribution >= 4 is 11.7 Å². The van der Waals surface area contributed by atoms with Crippen LogP contribution in [0.5, 0.6) is 0 Å². The molecule has 2 aliphatic rings. The highest BCUT2D eigenvalue weighted by atomic mass is 16.2. The van der Waals surface area contributed by atoms with Crippen molar-refractivity contribution in [1.29, 1.82) is 0 Å². The second-order valence-corrected chi connectivity index (χ2v) is 4.70. The van der Waals surface area contributed by atoms with E-state index in [2.05, 4.69) is 10.5 Å². The Morgan fingerprint density at radius 3 is 2.73 bits per heavy atom. The van der Waals surface area contributed by atoms with Gasteiger partial charge in [0.15, 0.2) is 0 Å². The van der Waals surface area contributed by atoms with Crippen LogP contribution < -0.4 is 11.2 Å². The minimum atomic E-state index is -0.562. The number of hydrazone groups is 1. The summed E-state index contributed by atoms with van der Waals surface area (Å²) in [6, 6.07) is -0.562. The molecule has 3 N–H and O–H groups in total. The van der Waals surface area contributed by atoms with E-state index in [9.17, 15) is 4.79 Å². The van der Waals surface area contributed by atoms with E-state index in [1.807, 2.05) is 0 Å². The summed E-state index contributed by atoms with van der Waals surface area (Å²) in [5.41, 5.74) is 8.44. The average Bonchev–Trinajstić information content (AvgIpc) is 2.26. The van der Waals surface area contributed by atoms with Gasteiger partial charge in [0.2, 0.25) is 0 Å². The van der Waals surface area contributed by atoms with Gasteiger partial charge in [-0.15, -0.1) is 0 Å². The predicted molar refractivity (Wildman–Crippen MR) is 59.5 cm³/mol. The van der Waals surface area contributed by atoms with Crippen LogP contribution in [0.25, 0.3) is 0 Å². The van der Waals surface area contributed by atoms with E-state index >= 15 is 0 Å². The molecule has 2 rings (SSSR count). The normalized spacial score (nSPS) is 33.5. The van der Waals surface area contributed by atoms with Gasteiger partial charge in [-0.1, -0.05) is 19.3 Å². The molecule has 2 aliphatic carbocycles. The van der Waals surface area contributed by atoms with Gasteiger partial charge >= 0.3 is 6.03 Å². The van der Waals surface area contributed by atoms with Crippen LogP contribution in [0, 0.1) is 11.8 Å². The molecule has 0 heterocycles.